The molecule has 0 saturated carbocycles. The van der Waals surface area contributed by atoms with Crippen molar-refractivity contribution in [3.05, 3.63) is 99.5 Å². The Bertz CT molecular complexity index is 1430. The van der Waals surface area contributed by atoms with Gasteiger partial charge in [-0.25, -0.2) is 8.42 Å². The van der Waals surface area contributed by atoms with Gasteiger partial charge in [-0.1, -0.05) is 96.7 Å². The number of hydrogen-bond acceptors (Lipinski definition) is 4. The third kappa shape index (κ3) is 10.0. The minimum absolute atomic E-state index is 0.0229. The summed E-state index contributed by atoms with van der Waals surface area (Å²) >= 11 is 12.4. The minimum atomic E-state index is -3.71. The Morgan fingerprint density at radius 2 is 1.62 bits per heavy atom. The first kappa shape index (κ1) is 33.4. The van der Waals surface area contributed by atoms with Crippen molar-refractivity contribution in [3.63, 3.8) is 0 Å². The van der Waals surface area contributed by atoms with Crippen LogP contribution in [0.5, 0.6) is 0 Å². The number of sulfonamides is 1. The van der Waals surface area contributed by atoms with E-state index in [0.717, 1.165) is 40.1 Å². The lowest BCUT2D eigenvalue weighted by Crippen LogP contribution is -2.50. The smallest absolute Gasteiger partial charge is 0.243 e. The molecule has 1 N–H and O–H groups in total. The lowest BCUT2D eigenvalue weighted by molar-refractivity contribution is -0.141. The summed E-state index contributed by atoms with van der Waals surface area (Å²) in [5, 5.41) is 3.60. The highest BCUT2D eigenvalue weighted by Gasteiger charge is 2.30. The van der Waals surface area contributed by atoms with Crippen molar-refractivity contribution < 1.29 is 18.0 Å². The van der Waals surface area contributed by atoms with Gasteiger partial charge < -0.3 is 10.2 Å². The van der Waals surface area contributed by atoms with Gasteiger partial charge in [-0.05, 0) is 49.1 Å². The molecule has 226 valence electrons. The molecule has 2 amide bonds. The fourth-order valence-electron chi connectivity index (χ4n) is 4.61. The van der Waals surface area contributed by atoms with Gasteiger partial charge in [-0.2, -0.15) is 0 Å². The summed E-state index contributed by atoms with van der Waals surface area (Å²) in [7, 11) is -3.71. The molecule has 10 heteroatoms. The highest BCUT2D eigenvalue weighted by molar-refractivity contribution is 7.92. The molecule has 3 aromatic carbocycles. The van der Waals surface area contributed by atoms with Crippen LogP contribution in [0.2, 0.25) is 10.0 Å². The van der Waals surface area contributed by atoms with Gasteiger partial charge in [0.1, 0.15) is 6.04 Å². The van der Waals surface area contributed by atoms with Crippen LogP contribution < -0.4 is 9.62 Å². The Labute approximate surface area is 259 Å². The molecule has 0 radical (unpaired) electrons. The molecular weight excluding hydrogens is 593 g/mol. The average Bonchev–Trinajstić information content (AvgIpc) is 2.95. The second-order valence-electron chi connectivity index (χ2n) is 10.4. The second kappa shape index (κ2) is 16.0. The Hall–Kier alpha value is -3.07. The summed E-state index contributed by atoms with van der Waals surface area (Å²) in [6.45, 7) is 4.84. The van der Waals surface area contributed by atoms with Crippen molar-refractivity contribution in [2.75, 3.05) is 23.7 Å². The van der Waals surface area contributed by atoms with E-state index in [4.69, 9.17) is 23.2 Å². The van der Waals surface area contributed by atoms with Gasteiger partial charge in [-0.15, -0.1) is 0 Å². The summed E-state index contributed by atoms with van der Waals surface area (Å²) in [5.41, 5.74) is 3.19. The number of nitrogens with one attached hydrogen (secondary N) is 1. The zero-order valence-corrected chi connectivity index (χ0v) is 26.7. The van der Waals surface area contributed by atoms with Gasteiger partial charge in [0.25, 0.3) is 0 Å². The van der Waals surface area contributed by atoms with Crippen LogP contribution in [0, 0.1) is 6.92 Å². The molecule has 42 heavy (non-hydrogen) atoms. The standard InChI is InChI=1S/C32H39Cl2N3O4S/c1-4-5-19-35-32(39)30(21-25-10-7-6-8-11-25)36(23-26-15-13-24(2)14-16-26)31(38)12-9-20-37(42(3,40)41)29-22-27(33)17-18-28(29)34/h6-8,10-11,13-18,22,30H,4-5,9,12,19-21,23H2,1-3H3,(H,35,39)/t30-/m0/s1. The van der Waals surface area contributed by atoms with Crippen LogP contribution in [-0.4, -0.2) is 50.5 Å². The molecule has 0 unspecified atom stereocenters. The van der Waals surface area contributed by atoms with E-state index in [1.54, 1.807) is 11.0 Å². The Kier molecular flexibility index (Phi) is 12.7. The highest BCUT2D eigenvalue weighted by Crippen LogP contribution is 2.31. The molecule has 0 aliphatic heterocycles. The fourth-order valence-corrected chi connectivity index (χ4v) is 6.01. The molecule has 3 aromatic rings. The molecule has 0 heterocycles. The highest BCUT2D eigenvalue weighted by atomic mass is 35.5. The predicted molar refractivity (Wildman–Crippen MR) is 171 cm³/mol. The maximum Gasteiger partial charge on any atom is 0.243 e. The topological polar surface area (TPSA) is 86.8 Å². The van der Waals surface area contributed by atoms with Crippen molar-refractivity contribution in [1.29, 1.82) is 0 Å². The van der Waals surface area contributed by atoms with E-state index in [1.807, 2.05) is 61.5 Å². The van der Waals surface area contributed by atoms with Gasteiger partial charge in [0.05, 0.1) is 17.0 Å². The average molecular weight is 633 g/mol. The first-order chi connectivity index (χ1) is 20.0. The zero-order chi connectivity index (χ0) is 30.7. The predicted octanol–water partition coefficient (Wildman–Crippen LogP) is 6.40. The van der Waals surface area contributed by atoms with Crippen molar-refractivity contribution >= 4 is 50.7 Å². The lowest BCUT2D eigenvalue weighted by Gasteiger charge is -2.32. The number of nitrogens with zero attached hydrogens (tertiary/aromatic N) is 2. The third-order valence-electron chi connectivity index (χ3n) is 6.90. The summed E-state index contributed by atoms with van der Waals surface area (Å²) in [5.74, 6) is -0.455. The number of amides is 2. The molecule has 0 aliphatic rings. The van der Waals surface area contributed by atoms with Crippen molar-refractivity contribution in [2.24, 2.45) is 0 Å². The number of unbranched alkanes of at least 4 members (excludes halogenated alkanes) is 1. The number of rotatable bonds is 15. The molecule has 0 fully saturated rings. The van der Waals surface area contributed by atoms with Gasteiger partial charge in [-0.3, -0.25) is 13.9 Å². The van der Waals surface area contributed by atoms with E-state index in [1.165, 1.54) is 12.1 Å². The second-order valence-corrected chi connectivity index (χ2v) is 13.1. The molecule has 0 aliphatic carbocycles. The maximum atomic E-state index is 13.9. The molecule has 0 spiro atoms. The van der Waals surface area contributed by atoms with Crippen LogP contribution >= 0.6 is 23.2 Å². The monoisotopic (exact) mass is 631 g/mol. The number of halogens is 2. The van der Waals surface area contributed by atoms with Gasteiger partial charge in [0.15, 0.2) is 0 Å². The third-order valence-corrected chi connectivity index (χ3v) is 8.64. The first-order valence-corrected chi connectivity index (χ1v) is 16.7. The number of carbonyl (C=O) groups excluding carboxylic acids is 2. The number of aryl methyl sites for hydroxylation is 1. The van der Waals surface area contributed by atoms with Crippen LogP contribution in [0.15, 0.2) is 72.8 Å². The van der Waals surface area contributed by atoms with Gasteiger partial charge >= 0.3 is 0 Å². The number of hydrogen-bond donors (Lipinski definition) is 1. The summed E-state index contributed by atoms with van der Waals surface area (Å²) < 4.78 is 26.5. The van der Waals surface area contributed by atoms with Crippen molar-refractivity contribution in [1.82, 2.24) is 10.2 Å². The van der Waals surface area contributed by atoms with E-state index < -0.39 is 16.1 Å². The Balaban J connectivity index is 1.88. The van der Waals surface area contributed by atoms with E-state index >= 15 is 0 Å². The van der Waals surface area contributed by atoms with Gasteiger partial charge in [0, 0.05) is 37.5 Å². The van der Waals surface area contributed by atoms with Crippen molar-refractivity contribution in [2.45, 2.75) is 58.5 Å². The Morgan fingerprint density at radius 1 is 0.929 bits per heavy atom. The van der Waals surface area contributed by atoms with Crippen LogP contribution in [0.1, 0.15) is 49.3 Å². The van der Waals surface area contributed by atoms with Crippen LogP contribution in [-0.2, 0) is 32.6 Å². The lowest BCUT2D eigenvalue weighted by atomic mass is 10.0. The number of carbonyl (C=O) groups is 2. The minimum Gasteiger partial charge on any atom is -0.354 e. The fraction of sp³-hybridized carbons (Fsp3) is 0.375. The first-order valence-electron chi connectivity index (χ1n) is 14.1. The zero-order valence-electron chi connectivity index (χ0n) is 24.4. The Morgan fingerprint density at radius 3 is 2.26 bits per heavy atom. The van der Waals surface area contributed by atoms with Gasteiger partial charge in [0.2, 0.25) is 21.8 Å². The van der Waals surface area contributed by atoms with E-state index in [-0.39, 0.29) is 48.5 Å². The molecule has 1 atom stereocenters. The molecule has 3 rings (SSSR count). The molecular formula is C32H39Cl2N3O4S. The van der Waals surface area contributed by atoms with E-state index in [0.29, 0.717) is 18.0 Å². The quantitative estimate of drug-likeness (QED) is 0.197. The number of benzene rings is 3. The molecule has 0 aromatic heterocycles. The largest absolute Gasteiger partial charge is 0.354 e. The van der Waals surface area contributed by atoms with Crippen LogP contribution in [0.3, 0.4) is 0 Å². The number of anilines is 1. The van der Waals surface area contributed by atoms with Crippen LogP contribution in [0.25, 0.3) is 0 Å². The molecule has 7 nitrogen and oxygen atoms in total. The maximum absolute atomic E-state index is 13.9. The van der Waals surface area contributed by atoms with Crippen molar-refractivity contribution in [3.8, 4) is 0 Å². The SMILES string of the molecule is CCCCNC(=O)[C@H](Cc1ccccc1)N(Cc1ccc(C)cc1)C(=O)CCCN(c1cc(Cl)ccc1Cl)S(C)(=O)=O. The van der Waals surface area contributed by atoms with Crippen LogP contribution in [0.4, 0.5) is 5.69 Å². The normalized spacial score (nSPS) is 12.0. The summed E-state index contributed by atoms with van der Waals surface area (Å²) in [6.07, 6.45) is 3.46. The summed E-state index contributed by atoms with van der Waals surface area (Å²) in [6, 6.07) is 21.4. The van der Waals surface area contributed by atoms with E-state index in [9.17, 15) is 18.0 Å². The molecule has 0 bridgehead atoms. The molecule has 0 saturated heterocycles. The summed E-state index contributed by atoms with van der Waals surface area (Å²) in [4.78, 5) is 29.1. The van der Waals surface area contributed by atoms with E-state index in [2.05, 4.69) is 12.2 Å².